The van der Waals surface area contributed by atoms with Gasteiger partial charge in [-0.05, 0) is 31.7 Å². The van der Waals surface area contributed by atoms with Gasteiger partial charge in [0.25, 0.3) is 0 Å². The molecular formula is C13H25N3O. The van der Waals surface area contributed by atoms with Gasteiger partial charge in [-0.25, -0.2) is 0 Å². The second kappa shape index (κ2) is 5.83. The first-order valence-electron chi connectivity index (χ1n) is 6.94. The predicted molar refractivity (Wildman–Crippen MR) is 68.9 cm³/mol. The molecule has 0 spiro atoms. The number of likely N-dealkylation sites (tertiary alicyclic amines) is 1. The molecule has 98 valence electrons. The molecule has 2 aliphatic rings. The van der Waals surface area contributed by atoms with Crippen molar-refractivity contribution < 1.29 is 4.79 Å². The van der Waals surface area contributed by atoms with Crippen LogP contribution in [0.5, 0.6) is 0 Å². The van der Waals surface area contributed by atoms with Gasteiger partial charge < -0.3 is 10.6 Å². The molecule has 0 bridgehead atoms. The van der Waals surface area contributed by atoms with Crippen molar-refractivity contribution in [2.45, 2.75) is 45.2 Å². The number of nitrogens with zero attached hydrogens (tertiary/aromatic N) is 1. The van der Waals surface area contributed by atoms with Gasteiger partial charge in [-0.3, -0.25) is 9.69 Å². The third-order valence-electron chi connectivity index (χ3n) is 3.77. The van der Waals surface area contributed by atoms with Crippen LogP contribution in [0, 0.1) is 5.92 Å². The average molecular weight is 239 g/mol. The standard InChI is InChI=1S/C13H25N3O/c1-3-14-12-6-7-16(8-10(12)2)9-13(17)15-11-4-5-11/h10-12,14H,3-9H2,1-2H3,(H,15,17). The fraction of sp³-hybridized carbons (Fsp3) is 0.923. The van der Waals surface area contributed by atoms with E-state index < -0.39 is 0 Å². The van der Waals surface area contributed by atoms with E-state index in [4.69, 9.17) is 0 Å². The van der Waals surface area contributed by atoms with Crippen LogP contribution >= 0.6 is 0 Å². The monoisotopic (exact) mass is 239 g/mol. The molecule has 17 heavy (non-hydrogen) atoms. The summed E-state index contributed by atoms with van der Waals surface area (Å²) < 4.78 is 0. The minimum atomic E-state index is 0.210. The average Bonchev–Trinajstić information content (AvgIpc) is 3.06. The van der Waals surface area contributed by atoms with Gasteiger partial charge in [0, 0.05) is 25.2 Å². The van der Waals surface area contributed by atoms with Gasteiger partial charge in [0.1, 0.15) is 0 Å². The summed E-state index contributed by atoms with van der Waals surface area (Å²) in [6.45, 7) is 8.13. The first-order valence-corrected chi connectivity index (χ1v) is 6.94. The van der Waals surface area contributed by atoms with Crippen molar-refractivity contribution in [1.29, 1.82) is 0 Å². The number of amides is 1. The zero-order valence-corrected chi connectivity index (χ0v) is 11.0. The Kier molecular flexibility index (Phi) is 4.40. The van der Waals surface area contributed by atoms with Crippen LogP contribution in [0.1, 0.15) is 33.1 Å². The summed E-state index contributed by atoms with van der Waals surface area (Å²) in [6.07, 6.45) is 3.50. The molecule has 0 aromatic heterocycles. The molecule has 0 aromatic carbocycles. The Bertz CT molecular complexity index is 265. The Morgan fingerprint density at radius 1 is 1.35 bits per heavy atom. The van der Waals surface area contributed by atoms with Crippen LogP contribution in [0.15, 0.2) is 0 Å². The summed E-state index contributed by atoms with van der Waals surface area (Å²) >= 11 is 0. The number of piperidine rings is 1. The molecule has 1 saturated carbocycles. The normalized spacial score (nSPS) is 30.2. The molecule has 4 heteroatoms. The van der Waals surface area contributed by atoms with Crippen LogP contribution < -0.4 is 10.6 Å². The number of carbonyl (C=O) groups excluding carboxylic acids is 1. The fourth-order valence-electron chi connectivity index (χ4n) is 2.65. The molecule has 2 fully saturated rings. The summed E-state index contributed by atoms with van der Waals surface area (Å²) in [4.78, 5) is 14.0. The third-order valence-corrected chi connectivity index (χ3v) is 3.77. The second-order valence-corrected chi connectivity index (χ2v) is 5.51. The number of carbonyl (C=O) groups is 1. The summed E-state index contributed by atoms with van der Waals surface area (Å²) in [5.41, 5.74) is 0. The highest BCUT2D eigenvalue weighted by Gasteiger charge is 2.28. The lowest BCUT2D eigenvalue weighted by molar-refractivity contribution is -0.122. The van der Waals surface area contributed by atoms with Crippen LogP contribution in [0.3, 0.4) is 0 Å². The SMILES string of the molecule is CCNC1CCN(CC(=O)NC2CC2)CC1C. The van der Waals surface area contributed by atoms with E-state index >= 15 is 0 Å². The van der Waals surface area contributed by atoms with Gasteiger partial charge in [-0.15, -0.1) is 0 Å². The van der Waals surface area contributed by atoms with Crippen molar-refractivity contribution in [1.82, 2.24) is 15.5 Å². The molecule has 2 rings (SSSR count). The van der Waals surface area contributed by atoms with Crippen LogP contribution in [-0.4, -0.2) is 49.1 Å². The molecule has 0 aromatic rings. The predicted octanol–water partition coefficient (Wildman–Crippen LogP) is 0.585. The highest BCUT2D eigenvalue weighted by atomic mass is 16.2. The molecule has 2 unspecified atom stereocenters. The number of rotatable bonds is 5. The molecule has 4 nitrogen and oxygen atoms in total. The van der Waals surface area contributed by atoms with Gasteiger partial charge in [0.2, 0.25) is 5.91 Å². The smallest absolute Gasteiger partial charge is 0.234 e. The van der Waals surface area contributed by atoms with E-state index in [9.17, 15) is 4.79 Å². The van der Waals surface area contributed by atoms with E-state index in [1.54, 1.807) is 0 Å². The highest BCUT2D eigenvalue weighted by Crippen LogP contribution is 2.19. The number of nitrogens with one attached hydrogen (secondary N) is 2. The van der Waals surface area contributed by atoms with Crippen molar-refractivity contribution in [2.75, 3.05) is 26.2 Å². The number of hydrogen-bond donors (Lipinski definition) is 2. The van der Waals surface area contributed by atoms with E-state index in [1.165, 1.54) is 12.8 Å². The Labute approximate surface area is 104 Å². The van der Waals surface area contributed by atoms with E-state index in [2.05, 4.69) is 29.4 Å². The van der Waals surface area contributed by atoms with Crippen LogP contribution in [0.25, 0.3) is 0 Å². The molecule has 1 aliphatic heterocycles. The summed E-state index contributed by atoms with van der Waals surface area (Å²) in [5, 5.41) is 6.58. The molecular weight excluding hydrogens is 214 g/mol. The van der Waals surface area contributed by atoms with Gasteiger partial charge in [-0.2, -0.15) is 0 Å². The zero-order valence-electron chi connectivity index (χ0n) is 11.0. The number of hydrogen-bond acceptors (Lipinski definition) is 3. The third kappa shape index (κ3) is 3.96. The minimum Gasteiger partial charge on any atom is -0.352 e. The van der Waals surface area contributed by atoms with Crippen LogP contribution in [0.2, 0.25) is 0 Å². The fourth-order valence-corrected chi connectivity index (χ4v) is 2.65. The maximum atomic E-state index is 11.7. The quantitative estimate of drug-likeness (QED) is 0.738. The van der Waals surface area contributed by atoms with Crippen molar-refractivity contribution in [3.63, 3.8) is 0 Å². The maximum Gasteiger partial charge on any atom is 0.234 e. The first-order chi connectivity index (χ1) is 8.19. The Morgan fingerprint density at radius 3 is 2.71 bits per heavy atom. The first kappa shape index (κ1) is 12.8. The van der Waals surface area contributed by atoms with Gasteiger partial charge in [-0.1, -0.05) is 13.8 Å². The van der Waals surface area contributed by atoms with E-state index in [1.807, 2.05) is 0 Å². The summed E-state index contributed by atoms with van der Waals surface area (Å²) in [5.74, 6) is 0.846. The van der Waals surface area contributed by atoms with Crippen molar-refractivity contribution in [3.05, 3.63) is 0 Å². The molecule has 2 atom stereocenters. The van der Waals surface area contributed by atoms with Crippen LogP contribution in [-0.2, 0) is 4.79 Å². The summed E-state index contributed by atoms with van der Waals surface area (Å²) in [7, 11) is 0. The zero-order chi connectivity index (χ0) is 12.3. The molecule has 1 aliphatic carbocycles. The lowest BCUT2D eigenvalue weighted by Gasteiger charge is -2.36. The van der Waals surface area contributed by atoms with Gasteiger partial charge in [0.05, 0.1) is 6.54 Å². The van der Waals surface area contributed by atoms with E-state index in [-0.39, 0.29) is 5.91 Å². The lowest BCUT2D eigenvalue weighted by Crippen LogP contribution is -2.50. The Hall–Kier alpha value is -0.610. The summed E-state index contributed by atoms with van der Waals surface area (Å²) in [6, 6.07) is 1.11. The molecule has 0 radical (unpaired) electrons. The molecule has 1 amide bonds. The largest absolute Gasteiger partial charge is 0.352 e. The second-order valence-electron chi connectivity index (χ2n) is 5.51. The van der Waals surface area contributed by atoms with Crippen LogP contribution in [0.4, 0.5) is 0 Å². The van der Waals surface area contributed by atoms with Gasteiger partial charge in [0.15, 0.2) is 0 Å². The van der Waals surface area contributed by atoms with Gasteiger partial charge >= 0.3 is 0 Å². The highest BCUT2D eigenvalue weighted by molar-refractivity contribution is 5.78. The van der Waals surface area contributed by atoms with Crippen molar-refractivity contribution in [3.8, 4) is 0 Å². The molecule has 1 heterocycles. The minimum absolute atomic E-state index is 0.210. The molecule has 2 N–H and O–H groups in total. The Balaban J connectivity index is 1.70. The maximum absolute atomic E-state index is 11.7. The molecule has 1 saturated heterocycles. The van der Waals surface area contributed by atoms with Crippen molar-refractivity contribution >= 4 is 5.91 Å². The van der Waals surface area contributed by atoms with Crippen molar-refractivity contribution in [2.24, 2.45) is 5.92 Å². The topological polar surface area (TPSA) is 44.4 Å². The van der Waals surface area contributed by atoms with E-state index in [0.717, 1.165) is 26.1 Å². The Morgan fingerprint density at radius 2 is 2.12 bits per heavy atom. The van der Waals surface area contributed by atoms with E-state index in [0.29, 0.717) is 24.5 Å². The lowest BCUT2D eigenvalue weighted by atomic mass is 9.94.